The summed E-state index contributed by atoms with van der Waals surface area (Å²) in [7, 11) is -2.93. The maximum atomic E-state index is 11.7. The molecule has 1 fully saturated rings. The molecule has 2 unspecified atom stereocenters. The Balaban J connectivity index is 1.90. The van der Waals surface area contributed by atoms with Gasteiger partial charge in [0.25, 0.3) is 8.32 Å². The molecule has 0 saturated carbocycles. The maximum absolute atomic E-state index is 11.7. The summed E-state index contributed by atoms with van der Waals surface area (Å²) < 4.78 is 13.8. The quantitative estimate of drug-likeness (QED) is 0.504. The van der Waals surface area contributed by atoms with Crippen molar-refractivity contribution < 1.29 is 19.4 Å². The number of benzene rings is 3. The molecule has 3 aromatic carbocycles. The van der Waals surface area contributed by atoms with Crippen LogP contribution in [0.2, 0.25) is 5.04 Å². The monoisotopic (exact) mass is 490 g/mol. The number of hydrogen-bond donors (Lipinski definition) is 2. The first-order chi connectivity index (χ1) is 16.7. The average Bonchev–Trinajstić information content (AvgIpc) is 2.86. The summed E-state index contributed by atoms with van der Waals surface area (Å²) in [4.78, 5) is 0. The predicted octanol–water partition coefficient (Wildman–Crippen LogP) is 4.37. The van der Waals surface area contributed by atoms with Gasteiger partial charge in [-0.2, -0.15) is 0 Å². The molecule has 4 rings (SSSR count). The van der Waals surface area contributed by atoms with Crippen molar-refractivity contribution in [3.8, 4) is 0 Å². The Morgan fingerprint density at radius 3 is 1.83 bits per heavy atom. The van der Waals surface area contributed by atoms with Gasteiger partial charge in [-0.05, 0) is 27.9 Å². The highest BCUT2D eigenvalue weighted by Crippen LogP contribution is 2.43. The summed E-state index contributed by atoms with van der Waals surface area (Å²) in [6, 6.07) is 29.1. The number of rotatable bonds is 6. The lowest BCUT2D eigenvalue weighted by molar-refractivity contribution is -0.201. The third-order valence-corrected chi connectivity index (χ3v) is 12.4. The topological polar surface area (TPSA) is 58.9 Å². The Labute approximate surface area is 210 Å². The molecule has 0 bridgehead atoms. The van der Waals surface area contributed by atoms with E-state index in [4.69, 9.17) is 9.16 Å². The van der Waals surface area contributed by atoms with E-state index in [0.29, 0.717) is 0 Å². The van der Waals surface area contributed by atoms with Crippen LogP contribution in [0, 0.1) is 12.8 Å². The minimum atomic E-state index is -2.93. The van der Waals surface area contributed by atoms with Gasteiger partial charge in [0.2, 0.25) is 0 Å². The van der Waals surface area contributed by atoms with Crippen LogP contribution in [-0.2, 0) is 9.16 Å². The van der Waals surface area contributed by atoms with E-state index in [1.165, 1.54) is 0 Å². The Kier molecular flexibility index (Phi) is 7.64. The van der Waals surface area contributed by atoms with Crippen LogP contribution in [0.25, 0.3) is 0 Å². The van der Waals surface area contributed by atoms with Gasteiger partial charge in [-0.15, -0.1) is 0 Å². The third kappa shape index (κ3) is 4.89. The number of ether oxygens (including phenoxy) is 1. The van der Waals surface area contributed by atoms with Gasteiger partial charge in [0, 0.05) is 5.92 Å². The summed E-state index contributed by atoms with van der Waals surface area (Å²) in [5, 5.41) is 23.8. The molecule has 1 aliphatic rings. The number of aliphatic hydroxyl groups excluding tert-OH is 2. The molecule has 3 aromatic rings. The highest BCUT2D eigenvalue weighted by atomic mass is 28.4. The minimum absolute atomic E-state index is 0.146. The maximum Gasteiger partial charge on any atom is 0.261 e. The largest absolute Gasteiger partial charge is 0.399 e. The van der Waals surface area contributed by atoms with Gasteiger partial charge in [-0.1, -0.05) is 118 Å². The molecule has 0 spiro atoms. The Morgan fingerprint density at radius 1 is 0.857 bits per heavy atom. The summed E-state index contributed by atoms with van der Waals surface area (Å²) in [5.74, 6) is -0.273. The van der Waals surface area contributed by atoms with Crippen molar-refractivity contribution in [2.24, 2.45) is 5.92 Å². The molecule has 186 valence electrons. The minimum Gasteiger partial charge on any atom is -0.399 e. The van der Waals surface area contributed by atoms with Crippen molar-refractivity contribution in [3.63, 3.8) is 0 Å². The van der Waals surface area contributed by atoms with Crippen molar-refractivity contribution in [2.45, 2.75) is 64.1 Å². The van der Waals surface area contributed by atoms with Crippen molar-refractivity contribution in [1.29, 1.82) is 0 Å². The molecule has 1 saturated heterocycles. The van der Waals surface area contributed by atoms with Crippen molar-refractivity contribution in [2.75, 3.05) is 6.61 Å². The molecule has 5 heteroatoms. The van der Waals surface area contributed by atoms with Crippen molar-refractivity contribution >= 4 is 18.7 Å². The zero-order valence-electron chi connectivity index (χ0n) is 21.4. The average molecular weight is 491 g/mol. The van der Waals surface area contributed by atoms with Crippen LogP contribution in [-0.4, -0.2) is 43.4 Å². The fraction of sp³-hybridized carbons (Fsp3) is 0.400. The van der Waals surface area contributed by atoms with Gasteiger partial charge in [-0.3, -0.25) is 0 Å². The zero-order valence-corrected chi connectivity index (χ0v) is 22.4. The first-order valence-corrected chi connectivity index (χ1v) is 14.4. The molecule has 35 heavy (non-hydrogen) atoms. The first-order valence-electron chi connectivity index (χ1n) is 12.5. The van der Waals surface area contributed by atoms with Crippen LogP contribution in [0.1, 0.15) is 44.9 Å². The van der Waals surface area contributed by atoms with Crippen LogP contribution >= 0.6 is 0 Å². The van der Waals surface area contributed by atoms with Gasteiger partial charge in [-0.25, -0.2) is 0 Å². The van der Waals surface area contributed by atoms with E-state index in [1.807, 2.05) is 31.2 Å². The molecule has 1 heterocycles. The van der Waals surface area contributed by atoms with Crippen molar-refractivity contribution in [3.05, 3.63) is 96.1 Å². The first kappa shape index (κ1) is 25.8. The lowest BCUT2D eigenvalue weighted by Crippen LogP contribution is -2.70. The Hall–Kier alpha value is -2.28. The van der Waals surface area contributed by atoms with E-state index in [-0.39, 0.29) is 17.6 Å². The van der Waals surface area contributed by atoms with Crippen LogP contribution < -0.4 is 10.4 Å². The normalized spacial score (nSPS) is 25.4. The summed E-state index contributed by atoms with van der Waals surface area (Å²) in [6.07, 6.45) is -2.36. The Morgan fingerprint density at radius 2 is 1.37 bits per heavy atom. The summed E-state index contributed by atoms with van der Waals surface area (Å²) in [6.45, 7) is 10.5. The molecule has 1 aliphatic heterocycles. The number of aliphatic hydroxyl groups is 2. The highest BCUT2D eigenvalue weighted by Gasteiger charge is 2.55. The standard InChI is InChI=1S/C30H38O4Si/c1-21-16-18-23(19-17-21)28-29(27(32)22(2)26(20-31)33-28)34-35(30(3,4)5,24-12-8-6-9-13-24)25-14-10-7-11-15-25/h6-19,22,26-29,31-32H,20H2,1-5H3/t22?,26-,27+,28+,29?/m1/s1. The molecular formula is C30H38O4Si. The SMILES string of the molecule is Cc1ccc([C@@H]2O[C@H](CO)C(C)[C@H](O)C2O[Si](c2ccccc2)(c2ccccc2)C(C)(C)C)cc1. The van der Waals surface area contributed by atoms with E-state index in [0.717, 1.165) is 21.5 Å². The van der Waals surface area contributed by atoms with Crippen LogP contribution in [0.3, 0.4) is 0 Å². The molecule has 0 aromatic heterocycles. The van der Waals surface area contributed by atoms with Crippen molar-refractivity contribution in [1.82, 2.24) is 0 Å². The second kappa shape index (κ2) is 10.4. The highest BCUT2D eigenvalue weighted by molar-refractivity contribution is 6.99. The van der Waals surface area contributed by atoms with Gasteiger partial charge >= 0.3 is 0 Å². The fourth-order valence-corrected chi connectivity index (χ4v) is 10.0. The van der Waals surface area contributed by atoms with Crippen LogP contribution in [0.15, 0.2) is 84.9 Å². The molecule has 2 N–H and O–H groups in total. The third-order valence-electron chi connectivity index (χ3n) is 7.40. The van der Waals surface area contributed by atoms with E-state index in [9.17, 15) is 10.2 Å². The lowest BCUT2D eigenvalue weighted by atomic mass is 9.86. The number of hydrogen-bond acceptors (Lipinski definition) is 4. The second-order valence-electron chi connectivity index (χ2n) is 10.8. The van der Waals surface area contributed by atoms with E-state index < -0.39 is 32.7 Å². The summed E-state index contributed by atoms with van der Waals surface area (Å²) in [5.41, 5.74) is 2.10. The molecular weight excluding hydrogens is 452 g/mol. The Bertz CT molecular complexity index is 1040. The lowest BCUT2D eigenvalue weighted by Gasteiger charge is -2.50. The molecule has 0 radical (unpaired) electrons. The van der Waals surface area contributed by atoms with Gasteiger partial charge in [0.1, 0.15) is 12.2 Å². The molecule has 0 aliphatic carbocycles. The second-order valence-corrected chi connectivity index (χ2v) is 15.0. The van der Waals surface area contributed by atoms with Crippen LogP contribution in [0.5, 0.6) is 0 Å². The molecule has 0 amide bonds. The summed E-state index contributed by atoms with van der Waals surface area (Å²) >= 11 is 0. The van der Waals surface area contributed by atoms with E-state index >= 15 is 0 Å². The van der Waals surface area contributed by atoms with Gasteiger partial charge in [0.05, 0.1) is 18.8 Å². The molecule has 5 atom stereocenters. The fourth-order valence-electron chi connectivity index (χ4n) is 5.35. The molecule has 4 nitrogen and oxygen atoms in total. The smallest absolute Gasteiger partial charge is 0.261 e. The number of aryl methyl sites for hydroxylation is 1. The van der Waals surface area contributed by atoms with Gasteiger partial charge in [0.15, 0.2) is 0 Å². The van der Waals surface area contributed by atoms with E-state index in [1.54, 1.807) is 0 Å². The van der Waals surface area contributed by atoms with Gasteiger partial charge < -0.3 is 19.4 Å². The predicted molar refractivity (Wildman–Crippen MR) is 144 cm³/mol. The van der Waals surface area contributed by atoms with E-state index in [2.05, 4.69) is 88.4 Å². The zero-order chi connectivity index (χ0) is 25.2. The van der Waals surface area contributed by atoms with Crippen LogP contribution in [0.4, 0.5) is 0 Å².